The largest absolute Gasteiger partial charge is 0.356 e. The molecule has 0 bridgehead atoms. The summed E-state index contributed by atoms with van der Waals surface area (Å²) in [5.41, 5.74) is 1.02. The first-order chi connectivity index (χ1) is 8.93. The summed E-state index contributed by atoms with van der Waals surface area (Å²) in [6.45, 7) is 2.64. The molecule has 5 heteroatoms. The third-order valence-electron chi connectivity index (χ3n) is 2.84. The van der Waals surface area contributed by atoms with Crippen LogP contribution < -0.4 is 5.32 Å². The number of nitrogens with one attached hydrogen (secondary N) is 1. The van der Waals surface area contributed by atoms with Crippen LogP contribution in [0.2, 0.25) is 0 Å². The summed E-state index contributed by atoms with van der Waals surface area (Å²) in [6.07, 6.45) is 4.40. The number of hydrogen-bond acceptors (Lipinski definition) is 3. The van der Waals surface area contributed by atoms with Crippen LogP contribution in [0.1, 0.15) is 31.7 Å². The second-order valence-electron chi connectivity index (χ2n) is 4.62. The van der Waals surface area contributed by atoms with Gasteiger partial charge in [0.05, 0.1) is 4.90 Å². The summed E-state index contributed by atoms with van der Waals surface area (Å²) < 4.78 is 22.6. The van der Waals surface area contributed by atoms with Gasteiger partial charge in [-0.25, -0.2) is 8.42 Å². The Kier molecular flexibility index (Phi) is 6.02. The molecule has 106 valence electrons. The van der Waals surface area contributed by atoms with E-state index >= 15 is 0 Å². The van der Waals surface area contributed by atoms with Crippen molar-refractivity contribution in [3.8, 4) is 0 Å². The van der Waals surface area contributed by atoms with E-state index in [1.165, 1.54) is 6.26 Å². The molecule has 1 rings (SSSR count). The summed E-state index contributed by atoms with van der Waals surface area (Å²) in [6, 6.07) is 6.77. The fraction of sp³-hybridized carbons (Fsp3) is 0.500. The van der Waals surface area contributed by atoms with Gasteiger partial charge in [0.15, 0.2) is 9.84 Å². The van der Waals surface area contributed by atoms with E-state index in [9.17, 15) is 13.2 Å². The number of rotatable bonds is 7. The number of unbranched alkanes of at least 4 members (excludes halogenated alkanes) is 1. The van der Waals surface area contributed by atoms with Crippen molar-refractivity contribution in [3.05, 3.63) is 29.8 Å². The van der Waals surface area contributed by atoms with Gasteiger partial charge in [-0.2, -0.15) is 0 Å². The lowest BCUT2D eigenvalue weighted by Gasteiger charge is -2.05. The van der Waals surface area contributed by atoms with Gasteiger partial charge in [-0.1, -0.05) is 25.5 Å². The summed E-state index contributed by atoms with van der Waals surface area (Å²) in [5.74, 6) is 0.0783. The van der Waals surface area contributed by atoms with E-state index in [1.54, 1.807) is 24.3 Å². The quantitative estimate of drug-likeness (QED) is 0.831. The van der Waals surface area contributed by atoms with Gasteiger partial charge in [-0.15, -0.1) is 0 Å². The third kappa shape index (κ3) is 5.87. The van der Waals surface area contributed by atoms with E-state index in [-0.39, 0.29) is 5.91 Å². The van der Waals surface area contributed by atoms with E-state index in [0.717, 1.165) is 18.4 Å². The van der Waals surface area contributed by atoms with Gasteiger partial charge in [0, 0.05) is 19.2 Å². The second-order valence-corrected chi connectivity index (χ2v) is 6.64. The molecule has 4 nitrogen and oxygen atoms in total. The molecule has 0 heterocycles. The summed E-state index contributed by atoms with van der Waals surface area (Å²) in [4.78, 5) is 11.7. The number of hydrogen-bond donors (Lipinski definition) is 1. The molecular weight excluding hydrogens is 262 g/mol. The number of amides is 1. The minimum Gasteiger partial charge on any atom is -0.356 e. The van der Waals surface area contributed by atoms with Crippen LogP contribution in [0.25, 0.3) is 0 Å². The van der Waals surface area contributed by atoms with E-state index < -0.39 is 9.84 Å². The number of carbonyl (C=O) groups excluding carboxylic acids is 1. The van der Waals surface area contributed by atoms with E-state index in [0.29, 0.717) is 24.3 Å². The normalized spacial score (nSPS) is 11.3. The average molecular weight is 283 g/mol. The first-order valence-electron chi connectivity index (χ1n) is 6.49. The standard InChI is InChI=1S/C14H21NO3S/c1-3-4-5-14(16)15-11-10-12-6-8-13(9-7-12)19(2,17)18/h6-9H,3-5,10-11H2,1-2H3,(H,15,16). The summed E-state index contributed by atoms with van der Waals surface area (Å²) >= 11 is 0. The highest BCUT2D eigenvalue weighted by Crippen LogP contribution is 2.10. The highest BCUT2D eigenvalue weighted by Gasteiger charge is 2.06. The maximum absolute atomic E-state index is 11.4. The Hall–Kier alpha value is -1.36. The molecule has 0 aliphatic heterocycles. The van der Waals surface area contributed by atoms with Crippen LogP contribution in [-0.4, -0.2) is 27.1 Å². The Morgan fingerprint density at radius 2 is 1.84 bits per heavy atom. The predicted molar refractivity (Wildman–Crippen MR) is 75.8 cm³/mol. The van der Waals surface area contributed by atoms with Gasteiger partial charge in [0.2, 0.25) is 5.91 Å². The molecule has 0 unspecified atom stereocenters. The molecule has 0 saturated carbocycles. The van der Waals surface area contributed by atoms with Gasteiger partial charge >= 0.3 is 0 Å². The topological polar surface area (TPSA) is 63.2 Å². The van der Waals surface area contributed by atoms with Gasteiger partial charge in [0.25, 0.3) is 0 Å². The Morgan fingerprint density at radius 1 is 1.21 bits per heavy atom. The Balaban J connectivity index is 2.40. The SMILES string of the molecule is CCCCC(=O)NCCc1ccc(S(C)(=O)=O)cc1. The predicted octanol–water partition coefficient (Wildman–Crippen LogP) is 1.94. The summed E-state index contributed by atoms with van der Waals surface area (Å²) in [5, 5.41) is 2.85. The van der Waals surface area contributed by atoms with Crippen molar-refractivity contribution >= 4 is 15.7 Å². The molecule has 0 aromatic heterocycles. The van der Waals surface area contributed by atoms with Crippen LogP contribution >= 0.6 is 0 Å². The first kappa shape index (κ1) is 15.7. The monoisotopic (exact) mass is 283 g/mol. The molecule has 1 aromatic rings. The molecule has 0 fully saturated rings. The van der Waals surface area contributed by atoms with Crippen molar-refractivity contribution in [2.24, 2.45) is 0 Å². The Morgan fingerprint density at radius 3 is 2.37 bits per heavy atom. The van der Waals surface area contributed by atoms with E-state index in [1.807, 2.05) is 0 Å². The minimum absolute atomic E-state index is 0.0783. The van der Waals surface area contributed by atoms with Gasteiger partial charge < -0.3 is 5.32 Å². The maximum atomic E-state index is 11.4. The van der Waals surface area contributed by atoms with Crippen LogP contribution in [0.4, 0.5) is 0 Å². The van der Waals surface area contributed by atoms with Crippen molar-refractivity contribution in [1.29, 1.82) is 0 Å². The summed E-state index contributed by atoms with van der Waals surface area (Å²) in [7, 11) is -3.13. The van der Waals surface area contributed by atoms with E-state index in [4.69, 9.17) is 0 Å². The van der Waals surface area contributed by atoms with Crippen LogP contribution in [0, 0.1) is 0 Å². The zero-order valence-corrected chi connectivity index (χ0v) is 12.3. The molecule has 0 aliphatic rings. The molecule has 1 amide bonds. The lowest BCUT2D eigenvalue weighted by atomic mass is 10.1. The molecule has 0 aliphatic carbocycles. The molecule has 1 N–H and O–H groups in total. The molecule has 0 saturated heterocycles. The van der Waals surface area contributed by atoms with Gasteiger partial charge in [-0.05, 0) is 30.5 Å². The van der Waals surface area contributed by atoms with Crippen LogP contribution in [-0.2, 0) is 21.1 Å². The Bertz CT molecular complexity index is 506. The third-order valence-corrected chi connectivity index (χ3v) is 3.97. The Labute approximate surface area is 115 Å². The fourth-order valence-corrected chi connectivity index (χ4v) is 2.31. The lowest BCUT2D eigenvalue weighted by molar-refractivity contribution is -0.121. The van der Waals surface area contributed by atoms with Crippen LogP contribution in [0.5, 0.6) is 0 Å². The lowest BCUT2D eigenvalue weighted by Crippen LogP contribution is -2.25. The van der Waals surface area contributed by atoms with Gasteiger partial charge in [-0.3, -0.25) is 4.79 Å². The first-order valence-corrected chi connectivity index (χ1v) is 8.38. The van der Waals surface area contributed by atoms with Crippen molar-refractivity contribution in [2.75, 3.05) is 12.8 Å². The number of carbonyl (C=O) groups is 1. The molecule has 0 atom stereocenters. The molecule has 19 heavy (non-hydrogen) atoms. The fourth-order valence-electron chi connectivity index (χ4n) is 1.68. The highest BCUT2D eigenvalue weighted by atomic mass is 32.2. The zero-order chi connectivity index (χ0) is 14.3. The van der Waals surface area contributed by atoms with Crippen molar-refractivity contribution in [1.82, 2.24) is 5.32 Å². The highest BCUT2D eigenvalue weighted by molar-refractivity contribution is 7.90. The molecule has 0 radical (unpaired) electrons. The number of benzene rings is 1. The van der Waals surface area contributed by atoms with Crippen LogP contribution in [0.3, 0.4) is 0 Å². The number of sulfone groups is 1. The average Bonchev–Trinajstić information content (AvgIpc) is 2.36. The maximum Gasteiger partial charge on any atom is 0.220 e. The van der Waals surface area contributed by atoms with Crippen molar-refractivity contribution in [3.63, 3.8) is 0 Å². The zero-order valence-electron chi connectivity index (χ0n) is 11.5. The van der Waals surface area contributed by atoms with Crippen molar-refractivity contribution < 1.29 is 13.2 Å². The van der Waals surface area contributed by atoms with Gasteiger partial charge in [0.1, 0.15) is 0 Å². The van der Waals surface area contributed by atoms with Crippen molar-refractivity contribution in [2.45, 2.75) is 37.5 Å². The minimum atomic E-state index is -3.13. The van der Waals surface area contributed by atoms with Crippen LogP contribution in [0.15, 0.2) is 29.2 Å². The molecular formula is C14H21NO3S. The molecule has 0 spiro atoms. The molecule has 1 aromatic carbocycles. The van der Waals surface area contributed by atoms with E-state index in [2.05, 4.69) is 12.2 Å². The smallest absolute Gasteiger partial charge is 0.220 e. The second kappa shape index (κ2) is 7.28.